The molecule has 104 valence electrons. The van der Waals surface area contributed by atoms with Crippen molar-refractivity contribution in [1.82, 2.24) is 4.98 Å². The number of hydrogen-bond acceptors (Lipinski definition) is 3. The van der Waals surface area contributed by atoms with Crippen molar-refractivity contribution in [2.24, 2.45) is 0 Å². The number of aromatic carboxylic acids is 1. The Balaban J connectivity index is 2.11. The molecule has 0 saturated heterocycles. The van der Waals surface area contributed by atoms with Crippen molar-refractivity contribution in [3.63, 3.8) is 0 Å². The summed E-state index contributed by atoms with van der Waals surface area (Å²) >= 11 is 0. The summed E-state index contributed by atoms with van der Waals surface area (Å²) in [5, 5.41) is 11.1. The number of carboxylic acids is 1. The first-order chi connectivity index (χ1) is 10.1. The summed E-state index contributed by atoms with van der Waals surface area (Å²) in [7, 11) is 0. The van der Waals surface area contributed by atoms with Gasteiger partial charge in [0.2, 0.25) is 5.88 Å². The summed E-state index contributed by atoms with van der Waals surface area (Å²) in [4.78, 5) is 15.7. The van der Waals surface area contributed by atoms with Crippen molar-refractivity contribution < 1.29 is 14.6 Å². The van der Waals surface area contributed by atoms with E-state index < -0.39 is 5.97 Å². The Kier molecular flexibility index (Phi) is 3.28. The molecule has 21 heavy (non-hydrogen) atoms. The SMILES string of the molecule is Cc1cccc(Oc2cc3ccccc3cc2C(=O)O)n1. The fourth-order valence-corrected chi connectivity index (χ4v) is 2.16. The molecular formula is C17H13NO3. The van der Waals surface area contributed by atoms with Crippen molar-refractivity contribution in [2.45, 2.75) is 6.92 Å². The second kappa shape index (κ2) is 5.25. The minimum absolute atomic E-state index is 0.122. The molecule has 0 radical (unpaired) electrons. The van der Waals surface area contributed by atoms with Crippen LogP contribution in [0.5, 0.6) is 11.6 Å². The Morgan fingerprint density at radius 2 is 1.76 bits per heavy atom. The van der Waals surface area contributed by atoms with Gasteiger partial charge in [-0.2, -0.15) is 0 Å². The molecule has 0 aliphatic heterocycles. The van der Waals surface area contributed by atoms with E-state index in [4.69, 9.17) is 4.74 Å². The molecular weight excluding hydrogens is 266 g/mol. The predicted octanol–water partition coefficient (Wildman–Crippen LogP) is 4.03. The normalized spacial score (nSPS) is 10.5. The number of fused-ring (bicyclic) bond motifs is 1. The fraction of sp³-hybridized carbons (Fsp3) is 0.0588. The lowest BCUT2D eigenvalue weighted by atomic mass is 10.1. The van der Waals surface area contributed by atoms with Gasteiger partial charge in [0, 0.05) is 11.8 Å². The van der Waals surface area contributed by atoms with Gasteiger partial charge >= 0.3 is 5.97 Å². The molecule has 4 nitrogen and oxygen atoms in total. The van der Waals surface area contributed by atoms with E-state index >= 15 is 0 Å². The van der Waals surface area contributed by atoms with E-state index in [0.29, 0.717) is 11.6 Å². The Labute approximate surface area is 121 Å². The molecule has 0 unspecified atom stereocenters. The number of aryl methyl sites for hydroxylation is 1. The lowest BCUT2D eigenvalue weighted by Crippen LogP contribution is -2.01. The van der Waals surface area contributed by atoms with Crippen LogP contribution in [0, 0.1) is 6.92 Å². The molecule has 1 N–H and O–H groups in total. The molecule has 0 saturated carbocycles. The van der Waals surface area contributed by atoms with Crippen molar-refractivity contribution in [2.75, 3.05) is 0 Å². The van der Waals surface area contributed by atoms with E-state index in [0.717, 1.165) is 16.5 Å². The fourth-order valence-electron chi connectivity index (χ4n) is 2.16. The van der Waals surface area contributed by atoms with Crippen LogP contribution in [0.15, 0.2) is 54.6 Å². The molecule has 3 rings (SSSR count). The van der Waals surface area contributed by atoms with Crippen molar-refractivity contribution in [3.8, 4) is 11.6 Å². The molecule has 1 heterocycles. The highest BCUT2D eigenvalue weighted by Crippen LogP contribution is 2.29. The summed E-state index contributed by atoms with van der Waals surface area (Å²) in [5.41, 5.74) is 0.933. The van der Waals surface area contributed by atoms with Crippen LogP contribution in [0.25, 0.3) is 10.8 Å². The smallest absolute Gasteiger partial charge is 0.339 e. The molecule has 1 aromatic heterocycles. The van der Waals surface area contributed by atoms with E-state index in [1.165, 1.54) is 0 Å². The summed E-state index contributed by atoms with van der Waals surface area (Å²) < 4.78 is 5.67. The third-order valence-corrected chi connectivity index (χ3v) is 3.16. The summed E-state index contributed by atoms with van der Waals surface area (Å²) in [6.45, 7) is 1.85. The van der Waals surface area contributed by atoms with Gasteiger partial charge < -0.3 is 9.84 Å². The number of ether oxygens (including phenoxy) is 1. The average molecular weight is 279 g/mol. The van der Waals surface area contributed by atoms with Crippen LogP contribution < -0.4 is 4.74 Å². The van der Waals surface area contributed by atoms with Crippen LogP contribution in [-0.2, 0) is 0 Å². The quantitative estimate of drug-likeness (QED) is 0.786. The van der Waals surface area contributed by atoms with Gasteiger partial charge in [0.15, 0.2) is 0 Å². The second-order valence-corrected chi connectivity index (χ2v) is 4.72. The number of aromatic nitrogens is 1. The molecule has 2 aromatic carbocycles. The number of hydrogen-bond donors (Lipinski definition) is 1. The zero-order valence-corrected chi connectivity index (χ0v) is 11.4. The summed E-state index contributed by atoms with van der Waals surface area (Å²) in [6, 6.07) is 16.3. The molecule has 0 spiro atoms. The highest BCUT2D eigenvalue weighted by molar-refractivity contribution is 5.97. The van der Waals surface area contributed by atoms with Gasteiger partial charge in [-0.1, -0.05) is 30.3 Å². The Bertz CT molecular complexity index is 827. The highest BCUT2D eigenvalue weighted by atomic mass is 16.5. The lowest BCUT2D eigenvalue weighted by Gasteiger charge is -2.10. The van der Waals surface area contributed by atoms with Crippen molar-refractivity contribution in [1.29, 1.82) is 0 Å². The van der Waals surface area contributed by atoms with E-state index in [9.17, 15) is 9.90 Å². The monoisotopic (exact) mass is 279 g/mol. The minimum atomic E-state index is -1.02. The molecule has 0 aliphatic carbocycles. The lowest BCUT2D eigenvalue weighted by molar-refractivity contribution is 0.0694. The molecule has 0 atom stereocenters. The number of nitrogens with zero attached hydrogens (tertiary/aromatic N) is 1. The Hall–Kier alpha value is -2.88. The average Bonchev–Trinajstić information content (AvgIpc) is 2.46. The predicted molar refractivity (Wildman–Crippen MR) is 80.0 cm³/mol. The van der Waals surface area contributed by atoms with Crippen LogP contribution in [0.3, 0.4) is 0 Å². The van der Waals surface area contributed by atoms with E-state index in [1.807, 2.05) is 43.3 Å². The maximum atomic E-state index is 11.4. The van der Waals surface area contributed by atoms with Gasteiger partial charge in [0.25, 0.3) is 0 Å². The van der Waals surface area contributed by atoms with E-state index in [2.05, 4.69) is 4.98 Å². The number of benzene rings is 2. The first kappa shape index (κ1) is 13.1. The molecule has 4 heteroatoms. The maximum Gasteiger partial charge on any atom is 0.339 e. The maximum absolute atomic E-state index is 11.4. The molecule has 3 aromatic rings. The topological polar surface area (TPSA) is 59.4 Å². The van der Waals surface area contributed by atoms with Gasteiger partial charge in [-0.3, -0.25) is 0 Å². The van der Waals surface area contributed by atoms with E-state index in [-0.39, 0.29) is 5.56 Å². The first-order valence-corrected chi connectivity index (χ1v) is 6.51. The first-order valence-electron chi connectivity index (χ1n) is 6.51. The van der Waals surface area contributed by atoms with E-state index in [1.54, 1.807) is 18.2 Å². The van der Waals surface area contributed by atoms with Crippen LogP contribution in [-0.4, -0.2) is 16.1 Å². The van der Waals surface area contributed by atoms with Gasteiger partial charge in [-0.25, -0.2) is 9.78 Å². The number of pyridine rings is 1. The third-order valence-electron chi connectivity index (χ3n) is 3.16. The zero-order valence-electron chi connectivity index (χ0n) is 11.4. The molecule has 0 aliphatic rings. The van der Waals surface area contributed by atoms with Gasteiger partial charge in [-0.05, 0) is 35.9 Å². The number of rotatable bonds is 3. The number of carbonyl (C=O) groups is 1. The van der Waals surface area contributed by atoms with Gasteiger partial charge in [-0.15, -0.1) is 0 Å². The largest absolute Gasteiger partial charge is 0.478 e. The van der Waals surface area contributed by atoms with Crippen molar-refractivity contribution in [3.05, 3.63) is 65.9 Å². The Morgan fingerprint density at radius 1 is 1.05 bits per heavy atom. The second-order valence-electron chi connectivity index (χ2n) is 4.72. The standard InChI is InChI=1S/C17H13NO3/c1-11-5-4-8-16(18-11)21-15-10-13-7-3-2-6-12(13)9-14(15)17(19)20/h2-10H,1H3,(H,19,20). The molecule has 0 fully saturated rings. The van der Waals surface area contributed by atoms with Crippen LogP contribution in [0.4, 0.5) is 0 Å². The minimum Gasteiger partial charge on any atom is -0.478 e. The van der Waals surface area contributed by atoms with Gasteiger partial charge in [0.1, 0.15) is 11.3 Å². The summed E-state index contributed by atoms with van der Waals surface area (Å²) in [6.07, 6.45) is 0. The van der Waals surface area contributed by atoms with Crippen LogP contribution in [0.2, 0.25) is 0 Å². The summed E-state index contributed by atoms with van der Waals surface area (Å²) in [5.74, 6) is -0.351. The van der Waals surface area contributed by atoms with Crippen LogP contribution in [0.1, 0.15) is 16.1 Å². The Morgan fingerprint density at radius 3 is 2.43 bits per heavy atom. The number of carboxylic acid groups (broad SMARTS) is 1. The third kappa shape index (κ3) is 2.69. The molecule has 0 amide bonds. The zero-order chi connectivity index (χ0) is 14.8. The molecule has 0 bridgehead atoms. The van der Waals surface area contributed by atoms with Crippen LogP contribution >= 0.6 is 0 Å². The van der Waals surface area contributed by atoms with Crippen molar-refractivity contribution >= 4 is 16.7 Å². The van der Waals surface area contributed by atoms with Gasteiger partial charge in [0.05, 0.1) is 0 Å². The highest BCUT2D eigenvalue weighted by Gasteiger charge is 2.14.